The molecule has 1 aromatic heterocycles. The van der Waals surface area contributed by atoms with Crippen molar-refractivity contribution < 1.29 is 22.7 Å². The maximum atomic E-state index is 11.7. The van der Waals surface area contributed by atoms with E-state index in [-0.39, 0.29) is 6.54 Å². The maximum Gasteiger partial charge on any atom is 0.422 e. The van der Waals surface area contributed by atoms with Gasteiger partial charge in [-0.1, -0.05) is 0 Å². The highest BCUT2D eigenvalue weighted by molar-refractivity contribution is 5.67. The summed E-state index contributed by atoms with van der Waals surface area (Å²) in [4.78, 5) is 14.7. The van der Waals surface area contributed by atoms with Crippen molar-refractivity contribution in [3.63, 3.8) is 0 Å². The van der Waals surface area contributed by atoms with Gasteiger partial charge in [0.2, 0.25) is 0 Å². The minimum Gasteiger partial charge on any atom is -0.440 e. The molecule has 0 radical (unpaired) electrons. The molecule has 9 heteroatoms. The number of nitrogens with zero attached hydrogens (tertiary/aromatic N) is 3. The van der Waals surface area contributed by atoms with Crippen LogP contribution in [0.1, 0.15) is 5.82 Å². The first-order valence-electron chi connectivity index (χ1n) is 4.69. The monoisotopic (exact) mass is 252 g/mol. The van der Waals surface area contributed by atoms with Crippen LogP contribution in [0.15, 0.2) is 6.33 Å². The normalized spacial score (nSPS) is 11.3. The number of ether oxygens (including phenoxy) is 1. The molecule has 0 atom stereocenters. The predicted octanol–water partition coefficient (Wildman–Crippen LogP) is 0.646. The zero-order chi connectivity index (χ0) is 12.9. The average molecular weight is 252 g/mol. The molecule has 6 nitrogen and oxygen atoms in total. The Morgan fingerprint density at radius 3 is 2.82 bits per heavy atom. The fraction of sp³-hybridized carbons (Fsp3) is 0.625. The highest BCUT2D eigenvalue weighted by Crippen LogP contribution is 2.14. The van der Waals surface area contributed by atoms with E-state index in [0.29, 0.717) is 12.2 Å². The van der Waals surface area contributed by atoms with Crippen molar-refractivity contribution >= 4 is 6.09 Å². The van der Waals surface area contributed by atoms with Gasteiger partial charge in [-0.2, -0.15) is 18.3 Å². The molecular weight excluding hydrogens is 241 g/mol. The van der Waals surface area contributed by atoms with Gasteiger partial charge in [0.1, 0.15) is 6.33 Å². The fourth-order valence-corrected chi connectivity index (χ4v) is 0.973. The van der Waals surface area contributed by atoms with Crippen LogP contribution in [0.3, 0.4) is 0 Å². The molecule has 1 amide bonds. The number of alkyl halides is 3. The fourth-order valence-electron chi connectivity index (χ4n) is 0.973. The number of nitrogens with one attached hydrogen (secondary N) is 1. The Balaban J connectivity index is 2.16. The van der Waals surface area contributed by atoms with Crippen molar-refractivity contribution in [3.05, 3.63) is 12.2 Å². The van der Waals surface area contributed by atoms with Gasteiger partial charge in [0.25, 0.3) is 0 Å². The smallest absolute Gasteiger partial charge is 0.422 e. The van der Waals surface area contributed by atoms with Crippen LogP contribution in [-0.2, 0) is 18.2 Å². The second-order valence-electron chi connectivity index (χ2n) is 3.20. The van der Waals surface area contributed by atoms with E-state index in [0.717, 1.165) is 0 Å². The van der Waals surface area contributed by atoms with Crippen LogP contribution >= 0.6 is 0 Å². The van der Waals surface area contributed by atoms with E-state index in [2.05, 4.69) is 20.1 Å². The van der Waals surface area contributed by atoms with Crippen LogP contribution in [0.2, 0.25) is 0 Å². The second kappa shape index (κ2) is 5.51. The van der Waals surface area contributed by atoms with Gasteiger partial charge in [-0.25, -0.2) is 9.78 Å². The van der Waals surface area contributed by atoms with E-state index < -0.39 is 18.9 Å². The lowest BCUT2D eigenvalue weighted by Gasteiger charge is -2.08. The molecule has 0 bridgehead atoms. The van der Waals surface area contributed by atoms with Gasteiger partial charge in [0.15, 0.2) is 12.4 Å². The Morgan fingerprint density at radius 2 is 2.29 bits per heavy atom. The number of hydrogen-bond acceptors (Lipinski definition) is 4. The predicted molar refractivity (Wildman–Crippen MR) is 50.1 cm³/mol. The number of alkyl carbamates (subject to hydrolysis) is 1. The van der Waals surface area contributed by atoms with Crippen LogP contribution < -0.4 is 5.32 Å². The van der Waals surface area contributed by atoms with Crippen LogP contribution in [0.5, 0.6) is 0 Å². The molecule has 0 aromatic carbocycles. The van der Waals surface area contributed by atoms with Crippen LogP contribution in [0, 0.1) is 0 Å². The Bertz CT molecular complexity index is 377. The topological polar surface area (TPSA) is 69.0 Å². The van der Waals surface area contributed by atoms with E-state index in [1.807, 2.05) is 0 Å². The molecular formula is C8H11F3N4O2. The van der Waals surface area contributed by atoms with Crippen LogP contribution in [0.4, 0.5) is 18.0 Å². The molecule has 0 spiro atoms. The van der Waals surface area contributed by atoms with E-state index in [9.17, 15) is 18.0 Å². The first kappa shape index (κ1) is 13.3. The lowest BCUT2D eigenvalue weighted by atomic mass is 10.4. The molecule has 0 saturated heterocycles. The molecule has 0 saturated carbocycles. The van der Waals surface area contributed by atoms with Crippen molar-refractivity contribution in [1.82, 2.24) is 20.1 Å². The van der Waals surface area contributed by atoms with Gasteiger partial charge < -0.3 is 10.1 Å². The molecule has 1 rings (SSSR count). The summed E-state index contributed by atoms with van der Waals surface area (Å²) in [5.41, 5.74) is 0. The maximum absolute atomic E-state index is 11.7. The Morgan fingerprint density at radius 1 is 1.59 bits per heavy atom. The highest BCUT2D eigenvalue weighted by atomic mass is 19.4. The van der Waals surface area contributed by atoms with Gasteiger partial charge in [-0.15, -0.1) is 0 Å². The largest absolute Gasteiger partial charge is 0.440 e. The van der Waals surface area contributed by atoms with E-state index >= 15 is 0 Å². The summed E-state index contributed by atoms with van der Waals surface area (Å²) in [5.74, 6) is 0.489. The molecule has 0 aliphatic rings. The summed E-state index contributed by atoms with van der Waals surface area (Å²) in [6.45, 7) is -1.48. The third-order valence-electron chi connectivity index (χ3n) is 1.63. The number of carbonyl (C=O) groups excluding carboxylic acids is 1. The Hall–Kier alpha value is -1.80. The second-order valence-corrected chi connectivity index (χ2v) is 3.20. The Labute approximate surface area is 94.8 Å². The summed E-state index contributed by atoms with van der Waals surface area (Å²) >= 11 is 0. The van der Waals surface area contributed by atoms with E-state index in [1.165, 1.54) is 11.0 Å². The van der Waals surface area contributed by atoms with Gasteiger partial charge in [-0.05, 0) is 0 Å². The third kappa shape index (κ3) is 5.73. The summed E-state index contributed by atoms with van der Waals surface area (Å²) in [5, 5.41) is 6.09. The first-order valence-corrected chi connectivity index (χ1v) is 4.69. The molecule has 1 aromatic rings. The van der Waals surface area contributed by atoms with Crippen molar-refractivity contribution in [1.29, 1.82) is 0 Å². The molecule has 1 N–H and O–H groups in total. The molecule has 0 unspecified atom stereocenters. The molecule has 0 aliphatic heterocycles. The molecule has 96 valence electrons. The number of aromatic nitrogens is 3. The minimum absolute atomic E-state index is 0.112. The SMILES string of the molecule is Cn1cnc(CCNC(=O)OCC(F)(F)F)n1. The van der Waals surface area contributed by atoms with Crippen LogP contribution in [0.25, 0.3) is 0 Å². The summed E-state index contributed by atoms with van der Waals surface area (Å²) < 4.78 is 40.4. The van der Waals surface area contributed by atoms with Gasteiger partial charge in [0.05, 0.1) is 0 Å². The number of halogens is 3. The summed E-state index contributed by atoms with van der Waals surface area (Å²) in [6, 6.07) is 0. The highest BCUT2D eigenvalue weighted by Gasteiger charge is 2.29. The van der Waals surface area contributed by atoms with Crippen molar-refractivity contribution in [2.75, 3.05) is 13.2 Å². The molecule has 0 fully saturated rings. The van der Waals surface area contributed by atoms with Crippen molar-refractivity contribution in [2.45, 2.75) is 12.6 Å². The van der Waals surface area contributed by atoms with Gasteiger partial charge in [0, 0.05) is 20.0 Å². The summed E-state index contributed by atoms with van der Waals surface area (Å²) in [7, 11) is 1.68. The number of hydrogen-bond donors (Lipinski definition) is 1. The van der Waals surface area contributed by atoms with E-state index in [1.54, 1.807) is 7.05 Å². The molecule has 1 heterocycles. The van der Waals surface area contributed by atoms with Gasteiger partial charge >= 0.3 is 12.3 Å². The molecule has 17 heavy (non-hydrogen) atoms. The first-order chi connectivity index (χ1) is 7.87. The van der Waals surface area contributed by atoms with E-state index in [4.69, 9.17) is 0 Å². The van der Waals surface area contributed by atoms with Crippen molar-refractivity contribution in [3.8, 4) is 0 Å². The summed E-state index contributed by atoms with van der Waals surface area (Å²) in [6.07, 6.45) is -3.82. The van der Waals surface area contributed by atoms with Crippen molar-refractivity contribution in [2.24, 2.45) is 7.05 Å². The number of amides is 1. The lowest BCUT2D eigenvalue weighted by Crippen LogP contribution is -2.30. The molecule has 0 aliphatic carbocycles. The van der Waals surface area contributed by atoms with Gasteiger partial charge in [-0.3, -0.25) is 4.68 Å². The minimum atomic E-state index is -4.51. The number of aryl methyl sites for hydroxylation is 1. The Kier molecular flexibility index (Phi) is 4.30. The average Bonchev–Trinajstić information content (AvgIpc) is 2.60. The zero-order valence-electron chi connectivity index (χ0n) is 8.99. The van der Waals surface area contributed by atoms with Crippen LogP contribution in [-0.4, -0.2) is 40.2 Å². The number of rotatable bonds is 4. The lowest BCUT2D eigenvalue weighted by molar-refractivity contribution is -0.160. The zero-order valence-corrected chi connectivity index (χ0v) is 8.99. The standard InChI is InChI=1S/C8H11F3N4O2/c1-15-5-13-6(14-15)2-3-12-7(16)17-4-8(9,10)11/h5H,2-4H2,1H3,(H,12,16). The number of carbonyl (C=O) groups is 1. The third-order valence-corrected chi connectivity index (χ3v) is 1.63. The quantitative estimate of drug-likeness (QED) is 0.854.